The molecule has 0 aliphatic carbocycles. The number of hydrogen-bond donors (Lipinski definition) is 2. The van der Waals surface area contributed by atoms with Gasteiger partial charge < -0.3 is 5.32 Å². The molecular formula is C9H9N3O2. The topological polar surface area (TPSA) is 74.8 Å². The third-order valence-electron chi connectivity index (χ3n) is 1.47. The highest BCUT2D eigenvalue weighted by molar-refractivity contribution is 5.91. The lowest BCUT2D eigenvalue weighted by Crippen LogP contribution is -2.26. The molecule has 5 heteroatoms. The summed E-state index contributed by atoms with van der Waals surface area (Å²) in [6, 6.07) is 2.59. The van der Waals surface area contributed by atoms with Crippen molar-refractivity contribution in [1.29, 1.82) is 0 Å². The van der Waals surface area contributed by atoms with Gasteiger partial charge in [0.2, 0.25) is 0 Å². The molecule has 72 valence electrons. The molecule has 0 aromatic carbocycles. The van der Waals surface area contributed by atoms with Crippen LogP contribution in [-0.2, 0) is 0 Å². The van der Waals surface area contributed by atoms with Crippen molar-refractivity contribution in [3.05, 3.63) is 28.2 Å². The average molecular weight is 191 g/mol. The molecule has 2 N–H and O–H groups in total. The molecule has 0 fully saturated rings. The Morgan fingerprint density at radius 3 is 3.00 bits per heavy atom. The van der Waals surface area contributed by atoms with Crippen LogP contribution in [0.2, 0.25) is 0 Å². The highest BCUT2D eigenvalue weighted by Gasteiger charge is 2.04. The number of terminal acetylenes is 1. The lowest BCUT2D eigenvalue weighted by Gasteiger charge is -2.00. The van der Waals surface area contributed by atoms with Gasteiger partial charge in [0.15, 0.2) is 0 Å². The first-order valence-electron chi connectivity index (χ1n) is 4.01. The van der Waals surface area contributed by atoms with Crippen LogP contribution in [0.15, 0.2) is 16.9 Å². The Bertz CT molecular complexity index is 396. The standard InChI is InChI=1S/C9H9N3O2/c1-2-3-6-10-9(14)7-4-5-8(13)12-11-7/h1,4-5H,3,6H2,(H,10,14)(H,12,13). The van der Waals surface area contributed by atoms with Crippen molar-refractivity contribution in [3.8, 4) is 12.3 Å². The van der Waals surface area contributed by atoms with Gasteiger partial charge in [-0.2, -0.15) is 5.10 Å². The van der Waals surface area contributed by atoms with E-state index in [1.165, 1.54) is 12.1 Å². The Morgan fingerprint density at radius 2 is 2.43 bits per heavy atom. The minimum Gasteiger partial charge on any atom is -0.350 e. The van der Waals surface area contributed by atoms with Crippen LogP contribution in [0.3, 0.4) is 0 Å². The van der Waals surface area contributed by atoms with E-state index in [-0.39, 0.29) is 17.2 Å². The molecule has 0 unspecified atom stereocenters. The fourth-order valence-corrected chi connectivity index (χ4v) is 0.810. The monoisotopic (exact) mass is 191 g/mol. The summed E-state index contributed by atoms with van der Waals surface area (Å²) < 4.78 is 0. The number of carbonyl (C=O) groups excluding carboxylic acids is 1. The summed E-state index contributed by atoms with van der Waals surface area (Å²) in [4.78, 5) is 21.9. The highest BCUT2D eigenvalue weighted by atomic mass is 16.2. The number of aromatic nitrogens is 2. The average Bonchev–Trinajstić information content (AvgIpc) is 2.19. The predicted octanol–water partition coefficient (Wildman–Crippen LogP) is -0.477. The molecule has 1 aromatic rings. The quantitative estimate of drug-likeness (QED) is 0.500. The van der Waals surface area contributed by atoms with E-state index < -0.39 is 0 Å². The van der Waals surface area contributed by atoms with Gasteiger partial charge in [-0.3, -0.25) is 9.59 Å². The Kier molecular flexibility index (Phi) is 3.44. The van der Waals surface area contributed by atoms with Gasteiger partial charge in [-0.05, 0) is 6.07 Å². The maximum atomic E-state index is 11.3. The van der Waals surface area contributed by atoms with Crippen LogP contribution in [0.4, 0.5) is 0 Å². The smallest absolute Gasteiger partial charge is 0.271 e. The molecule has 1 rings (SSSR count). The molecule has 0 bridgehead atoms. The second-order valence-corrected chi connectivity index (χ2v) is 2.52. The van der Waals surface area contributed by atoms with Crippen molar-refractivity contribution in [2.45, 2.75) is 6.42 Å². The Morgan fingerprint density at radius 1 is 1.64 bits per heavy atom. The number of amides is 1. The summed E-state index contributed by atoms with van der Waals surface area (Å²) in [7, 11) is 0. The Balaban J connectivity index is 2.58. The van der Waals surface area contributed by atoms with Gasteiger partial charge >= 0.3 is 0 Å². The molecule has 0 aliphatic heterocycles. The van der Waals surface area contributed by atoms with Crippen molar-refractivity contribution >= 4 is 5.91 Å². The van der Waals surface area contributed by atoms with E-state index in [1.54, 1.807) is 0 Å². The van der Waals surface area contributed by atoms with E-state index in [0.717, 1.165) is 0 Å². The van der Waals surface area contributed by atoms with Gasteiger partial charge in [0, 0.05) is 19.0 Å². The van der Waals surface area contributed by atoms with Gasteiger partial charge in [0.05, 0.1) is 0 Å². The molecule has 0 radical (unpaired) electrons. The van der Waals surface area contributed by atoms with Crippen molar-refractivity contribution < 1.29 is 4.79 Å². The summed E-state index contributed by atoms with van der Waals surface area (Å²) >= 11 is 0. The SMILES string of the molecule is C#CCCNC(=O)c1ccc(=O)[nH]n1. The second-order valence-electron chi connectivity index (χ2n) is 2.52. The first kappa shape index (κ1) is 9.99. The highest BCUT2D eigenvalue weighted by Crippen LogP contribution is 1.87. The largest absolute Gasteiger partial charge is 0.350 e. The maximum absolute atomic E-state index is 11.3. The molecular weight excluding hydrogens is 182 g/mol. The molecule has 1 aromatic heterocycles. The number of nitrogens with zero attached hydrogens (tertiary/aromatic N) is 1. The Labute approximate surface area is 80.5 Å². The van der Waals surface area contributed by atoms with Gasteiger partial charge in [0.25, 0.3) is 11.5 Å². The van der Waals surface area contributed by atoms with Crippen molar-refractivity contribution in [2.75, 3.05) is 6.54 Å². The van der Waals surface area contributed by atoms with Crippen LogP contribution in [0.25, 0.3) is 0 Å². The number of rotatable bonds is 3. The zero-order chi connectivity index (χ0) is 10.4. The summed E-state index contributed by atoms with van der Waals surface area (Å²) in [5.74, 6) is 2.04. The van der Waals surface area contributed by atoms with E-state index in [9.17, 15) is 9.59 Å². The first-order chi connectivity index (χ1) is 6.74. The van der Waals surface area contributed by atoms with E-state index in [4.69, 9.17) is 6.42 Å². The number of H-pyrrole nitrogens is 1. The van der Waals surface area contributed by atoms with Gasteiger partial charge in [-0.1, -0.05) is 0 Å². The molecule has 1 amide bonds. The third kappa shape index (κ3) is 2.75. The molecule has 0 aliphatic rings. The molecule has 0 atom stereocenters. The normalized spacial score (nSPS) is 9.07. The van der Waals surface area contributed by atoms with Crippen LogP contribution >= 0.6 is 0 Å². The lowest BCUT2D eigenvalue weighted by atomic mass is 10.3. The van der Waals surface area contributed by atoms with Gasteiger partial charge in [-0.15, -0.1) is 12.3 Å². The number of hydrogen-bond acceptors (Lipinski definition) is 3. The van der Waals surface area contributed by atoms with Crippen LogP contribution in [0.5, 0.6) is 0 Å². The fourth-order valence-electron chi connectivity index (χ4n) is 0.810. The number of aromatic amines is 1. The number of carbonyl (C=O) groups is 1. The van der Waals surface area contributed by atoms with E-state index in [2.05, 4.69) is 21.4 Å². The summed E-state index contributed by atoms with van der Waals surface area (Å²) in [6.07, 6.45) is 5.48. The Hall–Kier alpha value is -2.09. The van der Waals surface area contributed by atoms with Crippen LogP contribution in [0, 0.1) is 12.3 Å². The second kappa shape index (κ2) is 4.82. The maximum Gasteiger partial charge on any atom is 0.271 e. The van der Waals surface area contributed by atoms with Crippen LogP contribution in [-0.4, -0.2) is 22.6 Å². The molecule has 5 nitrogen and oxygen atoms in total. The van der Waals surface area contributed by atoms with E-state index in [0.29, 0.717) is 13.0 Å². The zero-order valence-electron chi connectivity index (χ0n) is 7.41. The number of nitrogens with one attached hydrogen (secondary N) is 2. The minimum absolute atomic E-state index is 0.168. The summed E-state index contributed by atoms with van der Waals surface area (Å²) in [5.41, 5.74) is -0.174. The van der Waals surface area contributed by atoms with Crippen LogP contribution < -0.4 is 10.9 Å². The molecule has 14 heavy (non-hydrogen) atoms. The zero-order valence-corrected chi connectivity index (χ0v) is 7.41. The molecule has 0 spiro atoms. The van der Waals surface area contributed by atoms with Crippen molar-refractivity contribution in [3.63, 3.8) is 0 Å². The van der Waals surface area contributed by atoms with Crippen molar-refractivity contribution in [1.82, 2.24) is 15.5 Å². The van der Waals surface area contributed by atoms with Gasteiger partial charge in [0.1, 0.15) is 5.69 Å². The molecule has 0 saturated heterocycles. The third-order valence-corrected chi connectivity index (χ3v) is 1.47. The summed E-state index contributed by atoms with van der Waals surface area (Å²) in [5, 5.41) is 8.27. The lowest BCUT2D eigenvalue weighted by molar-refractivity contribution is 0.0948. The first-order valence-corrected chi connectivity index (χ1v) is 4.01. The predicted molar refractivity (Wildman–Crippen MR) is 50.6 cm³/mol. The summed E-state index contributed by atoms with van der Waals surface area (Å²) in [6.45, 7) is 0.399. The fraction of sp³-hybridized carbons (Fsp3) is 0.222. The van der Waals surface area contributed by atoms with Crippen LogP contribution in [0.1, 0.15) is 16.9 Å². The van der Waals surface area contributed by atoms with Gasteiger partial charge in [-0.25, -0.2) is 5.10 Å². The molecule has 1 heterocycles. The van der Waals surface area contributed by atoms with Crippen molar-refractivity contribution in [2.24, 2.45) is 0 Å². The minimum atomic E-state index is -0.350. The molecule has 0 saturated carbocycles. The van der Waals surface area contributed by atoms with E-state index in [1.807, 2.05) is 0 Å². The van der Waals surface area contributed by atoms with E-state index >= 15 is 0 Å².